The van der Waals surface area contributed by atoms with Crippen LogP contribution in [0.2, 0.25) is 0 Å². The summed E-state index contributed by atoms with van der Waals surface area (Å²) in [7, 11) is 0. The first kappa shape index (κ1) is 21.2. The number of imide groups is 1. The van der Waals surface area contributed by atoms with Gasteiger partial charge in [0.05, 0.1) is 19.6 Å². The van der Waals surface area contributed by atoms with E-state index in [4.69, 9.17) is 9.47 Å². The van der Waals surface area contributed by atoms with Crippen molar-refractivity contribution in [3.05, 3.63) is 22.2 Å². The lowest BCUT2D eigenvalue weighted by Gasteiger charge is -2.15. The Morgan fingerprint density at radius 2 is 1.70 bits per heavy atom. The number of benzene rings is 1. The van der Waals surface area contributed by atoms with Crippen molar-refractivity contribution in [2.45, 2.75) is 39.5 Å². The maximum atomic E-state index is 12.2. The summed E-state index contributed by atoms with van der Waals surface area (Å²) in [5.74, 6) is 0.842. The molecule has 1 fully saturated rings. The number of hydrogen-bond acceptors (Lipinski definition) is 5. The second-order valence-electron chi connectivity index (χ2n) is 6.08. The van der Waals surface area contributed by atoms with E-state index in [1.165, 1.54) is 4.90 Å². The Labute approximate surface area is 167 Å². The van der Waals surface area contributed by atoms with E-state index in [9.17, 15) is 14.4 Å². The van der Waals surface area contributed by atoms with E-state index in [1.54, 1.807) is 6.07 Å². The van der Waals surface area contributed by atoms with Crippen LogP contribution < -0.4 is 14.8 Å². The highest BCUT2D eigenvalue weighted by Gasteiger charge is 2.27. The predicted molar refractivity (Wildman–Crippen MR) is 104 cm³/mol. The van der Waals surface area contributed by atoms with Crippen molar-refractivity contribution in [3.8, 4) is 11.5 Å². The van der Waals surface area contributed by atoms with E-state index in [2.05, 4.69) is 21.2 Å². The highest BCUT2D eigenvalue weighted by atomic mass is 79.9. The molecule has 1 aromatic carbocycles. The van der Waals surface area contributed by atoms with Crippen molar-refractivity contribution in [2.24, 2.45) is 0 Å². The van der Waals surface area contributed by atoms with Crippen LogP contribution in [0.25, 0.3) is 0 Å². The second kappa shape index (κ2) is 10.3. The van der Waals surface area contributed by atoms with Gasteiger partial charge in [-0.1, -0.05) is 15.9 Å². The van der Waals surface area contributed by atoms with Gasteiger partial charge in [-0.15, -0.1) is 0 Å². The van der Waals surface area contributed by atoms with Crippen LogP contribution in [0.4, 0.5) is 0 Å². The molecule has 8 heteroatoms. The Morgan fingerprint density at radius 3 is 2.30 bits per heavy atom. The van der Waals surface area contributed by atoms with E-state index < -0.39 is 0 Å². The molecule has 0 saturated carbocycles. The van der Waals surface area contributed by atoms with E-state index in [-0.39, 0.29) is 24.1 Å². The van der Waals surface area contributed by atoms with Gasteiger partial charge in [-0.2, -0.15) is 0 Å². The van der Waals surface area contributed by atoms with Crippen molar-refractivity contribution in [2.75, 3.05) is 26.3 Å². The fourth-order valence-electron chi connectivity index (χ4n) is 2.82. The molecule has 0 radical (unpaired) electrons. The van der Waals surface area contributed by atoms with Gasteiger partial charge in [0.25, 0.3) is 0 Å². The number of rotatable bonds is 10. The minimum atomic E-state index is -0.138. The molecule has 0 bridgehead atoms. The van der Waals surface area contributed by atoms with Crippen molar-refractivity contribution >= 4 is 33.7 Å². The van der Waals surface area contributed by atoms with Gasteiger partial charge in [0.2, 0.25) is 17.7 Å². The molecule has 0 unspecified atom stereocenters. The van der Waals surface area contributed by atoms with Gasteiger partial charge in [0, 0.05) is 30.4 Å². The molecule has 7 nitrogen and oxygen atoms in total. The van der Waals surface area contributed by atoms with Gasteiger partial charge >= 0.3 is 0 Å². The Balaban J connectivity index is 1.86. The minimum Gasteiger partial charge on any atom is -0.490 e. The molecule has 1 aliphatic heterocycles. The van der Waals surface area contributed by atoms with Crippen LogP contribution in [-0.4, -0.2) is 48.9 Å². The van der Waals surface area contributed by atoms with Crippen LogP contribution in [0.15, 0.2) is 16.6 Å². The second-order valence-corrected chi connectivity index (χ2v) is 6.93. The van der Waals surface area contributed by atoms with Crippen molar-refractivity contribution in [3.63, 3.8) is 0 Å². The Morgan fingerprint density at radius 1 is 1.11 bits per heavy atom. The number of nitrogens with one attached hydrogen (secondary N) is 1. The summed E-state index contributed by atoms with van der Waals surface area (Å²) in [6.07, 6.45) is 1.31. The van der Waals surface area contributed by atoms with Crippen LogP contribution in [0.1, 0.15) is 38.7 Å². The maximum absolute atomic E-state index is 12.2. The van der Waals surface area contributed by atoms with Gasteiger partial charge in [-0.3, -0.25) is 19.3 Å². The number of likely N-dealkylation sites (tertiary alicyclic amines) is 1. The lowest BCUT2D eigenvalue weighted by molar-refractivity contribution is -0.138. The minimum absolute atomic E-state index is 0.131. The van der Waals surface area contributed by atoms with Crippen LogP contribution in [0.3, 0.4) is 0 Å². The summed E-state index contributed by atoms with van der Waals surface area (Å²) >= 11 is 3.47. The standard InChI is InChI=1S/C19H25BrN2O5/c1-3-26-15-10-13(14(20)12-16(15)27-4-2)11-17(23)21-8-5-9-22-18(24)6-7-19(22)25/h10,12H,3-9,11H2,1-2H3,(H,21,23). The average Bonchev–Trinajstić information content (AvgIpc) is 2.94. The number of carbonyl (C=O) groups is 3. The molecule has 1 aliphatic rings. The third kappa shape index (κ3) is 5.95. The smallest absolute Gasteiger partial charge is 0.229 e. The SMILES string of the molecule is CCOc1cc(Br)c(CC(=O)NCCCN2C(=O)CCC2=O)cc1OCC. The van der Waals surface area contributed by atoms with Crippen molar-refractivity contribution < 1.29 is 23.9 Å². The quantitative estimate of drug-likeness (QED) is 0.446. The van der Waals surface area contributed by atoms with E-state index in [0.29, 0.717) is 57.1 Å². The molecule has 1 aromatic rings. The largest absolute Gasteiger partial charge is 0.490 e. The lowest BCUT2D eigenvalue weighted by atomic mass is 10.1. The molecule has 1 heterocycles. The zero-order valence-electron chi connectivity index (χ0n) is 15.7. The normalized spacial score (nSPS) is 13.8. The molecule has 1 saturated heterocycles. The molecular weight excluding hydrogens is 416 g/mol. The first-order chi connectivity index (χ1) is 13.0. The summed E-state index contributed by atoms with van der Waals surface area (Å²) < 4.78 is 11.9. The number of halogens is 1. The van der Waals surface area contributed by atoms with E-state index >= 15 is 0 Å². The molecule has 0 spiro atoms. The fraction of sp³-hybridized carbons (Fsp3) is 0.526. The highest BCUT2D eigenvalue weighted by molar-refractivity contribution is 9.10. The number of carbonyl (C=O) groups excluding carboxylic acids is 3. The van der Waals surface area contributed by atoms with E-state index in [0.717, 1.165) is 10.0 Å². The molecule has 27 heavy (non-hydrogen) atoms. The van der Waals surface area contributed by atoms with Crippen LogP contribution in [-0.2, 0) is 20.8 Å². The van der Waals surface area contributed by atoms with Gasteiger partial charge in [-0.05, 0) is 38.0 Å². The summed E-state index contributed by atoms with van der Waals surface area (Å²) in [4.78, 5) is 36.6. The average molecular weight is 441 g/mol. The third-order valence-corrected chi connectivity index (χ3v) is 4.84. The monoisotopic (exact) mass is 440 g/mol. The molecule has 3 amide bonds. The molecule has 0 atom stereocenters. The van der Waals surface area contributed by atoms with Gasteiger partial charge in [-0.25, -0.2) is 0 Å². The number of nitrogens with zero attached hydrogens (tertiary/aromatic N) is 1. The number of ether oxygens (including phenoxy) is 2. The Kier molecular flexibility index (Phi) is 8.09. The maximum Gasteiger partial charge on any atom is 0.229 e. The lowest BCUT2D eigenvalue weighted by Crippen LogP contribution is -2.33. The van der Waals surface area contributed by atoms with Crippen molar-refractivity contribution in [1.82, 2.24) is 10.2 Å². The zero-order chi connectivity index (χ0) is 19.8. The molecule has 0 aromatic heterocycles. The van der Waals surface area contributed by atoms with Gasteiger partial charge < -0.3 is 14.8 Å². The number of hydrogen-bond donors (Lipinski definition) is 1. The van der Waals surface area contributed by atoms with Crippen LogP contribution in [0, 0.1) is 0 Å². The molecular formula is C19H25BrN2O5. The number of amides is 3. The van der Waals surface area contributed by atoms with Gasteiger partial charge in [0.15, 0.2) is 11.5 Å². The highest BCUT2D eigenvalue weighted by Crippen LogP contribution is 2.34. The van der Waals surface area contributed by atoms with Gasteiger partial charge in [0.1, 0.15) is 0 Å². The van der Waals surface area contributed by atoms with E-state index in [1.807, 2.05) is 19.9 Å². The molecule has 148 valence electrons. The molecule has 2 rings (SSSR count). The topological polar surface area (TPSA) is 84.9 Å². The van der Waals surface area contributed by atoms with Crippen molar-refractivity contribution in [1.29, 1.82) is 0 Å². The zero-order valence-corrected chi connectivity index (χ0v) is 17.3. The fourth-order valence-corrected chi connectivity index (χ4v) is 3.28. The molecule has 0 aliphatic carbocycles. The van der Waals surface area contributed by atoms with Crippen LogP contribution >= 0.6 is 15.9 Å². The summed E-state index contributed by atoms with van der Waals surface area (Å²) in [5.41, 5.74) is 0.796. The first-order valence-corrected chi connectivity index (χ1v) is 9.93. The summed E-state index contributed by atoms with van der Waals surface area (Å²) in [6, 6.07) is 3.61. The Bertz CT molecular complexity index is 692. The third-order valence-electron chi connectivity index (χ3n) is 4.10. The van der Waals surface area contributed by atoms with Crippen LogP contribution in [0.5, 0.6) is 11.5 Å². The summed E-state index contributed by atoms with van der Waals surface area (Å²) in [6.45, 7) is 5.56. The molecule has 1 N–H and O–H groups in total. The summed E-state index contributed by atoms with van der Waals surface area (Å²) in [5, 5.41) is 2.82. The predicted octanol–water partition coefficient (Wildman–Crippen LogP) is 2.44. The first-order valence-electron chi connectivity index (χ1n) is 9.14. The Hall–Kier alpha value is -2.09.